The van der Waals surface area contributed by atoms with E-state index in [-0.39, 0.29) is 18.1 Å². The van der Waals surface area contributed by atoms with Gasteiger partial charge in [-0.2, -0.15) is 0 Å². The number of nitrogens with zero attached hydrogens (tertiary/aromatic N) is 1. The number of benzene rings is 2. The van der Waals surface area contributed by atoms with Crippen LogP contribution in [-0.2, 0) is 13.2 Å². The van der Waals surface area contributed by atoms with Crippen LogP contribution in [0.25, 0.3) is 0 Å². The normalized spacial score (nSPS) is 11.3. The average molecular weight is 303 g/mol. The lowest BCUT2D eigenvalue weighted by Crippen LogP contribution is -2.22. The lowest BCUT2D eigenvalue weighted by molar-refractivity contribution is 0.275. The van der Waals surface area contributed by atoms with Crippen molar-refractivity contribution >= 4 is 11.6 Å². The van der Waals surface area contributed by atoms with E-state index in [4.69, 9.17) is 15.6 Å². The van der Waals surface area contributed by atoms with Crippen LogP contribution in [0.3, 0.4) is 0 Å². The molecule has 0 fully saturated rings. The van der Waals surface area contributed by atoms with E-state index in [2.05, 4.69) is 10.3 Å². The van der Waals surface area contributed by atoms with Crippen molar-refractivity contribution in [2.24, 2.45) is 10.7 Å². The highest BCUT2D eigenvalue weighted by Gasteiger charge is 2.02. The molecule has 2 aromatic carbocycles. The summed E-state index contributed by atoms with van der Waals surface area (Å²) in [6, 6.07) is 11.7. The van der Waals surface area contributed by atoms with Crippen molar-refractivity contribution < 1.29 is 14.2 Å². The van der Waals surface area contributed by atoms with Gasteiger partial charge in [0.15, 0.2) is 5.96 Å². The average Bonchev–Trinajstić information content (AvgIpc) is 2.55. The topological polar surface area (TPSA) is 79.9 Å². The van der Waals surface area contributed by atoms with E-state index in [0.29, 0.717) is 6.54 Å². The lowest BCUT2D eigenvalue weighted by Gasteiger charge is -2.07. The lowest BCUT2D eigenvalue weighted by atomic mass is 10.1. The maximum atomic E-state index is 13.3. The maximum Gasteiger partial charge on any atom is 0.193 e. The van der Waals surface area contributed by atoms with E-state index in [0.717, 1.165) is 17.0 Å². The van der Waals surface area contributed by atoms with Crippen molar-refractivity contribution in [3.63, 3.8) is 0 Å². The molecular formula is C16H18FN3O2. The number of aliphatic hydroxyl groups excluding tert-OH is 1. The number of anilines is 1. The summed E-state index contributed by atoms with van der Waals surface area (Å²) in [4.78, 5) is 4.19. The van der Waals surface area contributed by atoms with Crippen LogP contribution >= 0.6 is 0 Å². The number of nitrogens with two attached hydrogens (primary N) is 1. The first kappa shape index (κ1) is 15.8. The minimum Gasteiger partial charge on any atom is -0.497 e. The molecule has 2 rings (SSSR count). The Hall–Kier alpha value is -2.60. The first-order valence-corrected chi connectivity index (χ1v) is 6.71. The van der Waals surface area contributed by atoms with E-state index < -0.39 is 5.82 Å². The molecule has 0 aliphatic carbocycles. The molecule has 0 amide bonds. The van der Waals surface area contributed by atoms with Crippen molar-refractivity contribution in [3.05, 3.63) is 59.4 Å². The Labute approximate surface area is 128 Å². The van der Waals surface area contributed by atoms with Crippen molar-refractivity contribution in [1.29, 1.82) is 0 Å². The Balaban J connectivity index is 1.99. The first-order chi connectivity index (χ1) is 10.6. The fourth-order valence-electron chi connectivity index (χ4n) is 1.89. The zero-order chi connectivity index (χ0) is 15.9. The number of ether oxygens (including phenoxy) is 1. The Morgan fingerprint density at radius 2 is 2.00 bits per heavy atom. The minimum atomic E-state index is -0.431. The molecular weight excluding hydrogens is 285 g/mol. The van der Waals surface area contributed by atoms with E-state index in [1.807, 2.05) is 24.3 Å². The largest absolute Gasteiger partial charge is 0.497 e. The van der Waals surface area contributed by atoms with Crippen molar-refractivity contribution in [2.45, 2.75) is 13.2 Å². The molecule has 0 saturated heterocycles. The highest BCUT2D eigenvalue weighted by Crippen LogP contribution is 2.15. The Bertz CT molecular complexity index is 657. The number of hydrogen-bond donors (Lipinski definition) is 3. The molecule has 2 aromatic rings. The number of aliphatic imine (C=N–C) groups is 1. The molecule has 116 valence electrons. The summed E-state index contributed by atoms with van der Waals surface area (Å²) in [5, 5.41) is 12.0. The predicted octanol–water partition coefficient (Wildman–Crippen LogP) is 2.25. The monoisotopic (exact) mass is 303 g/mol. The number of halogens is 1. The van der Waals surface area contributed by atoms with Crippen molar-refractivity contribution in [2.75, 3.05) is 12.4 Å². The summed E-state index contributed by atoms with van der Waals surface area (Å²) in [6.45, 7) is -0.0504. The number of methoxy groups -OCH3 is 1. The summed E-state index contributed by atoms with van der Waals surface area (Å²) < 4.78 is 18.3. The van der Waals surface area contributed by atoms with Crippen LogP contribution in [0, 0.1) is 5.82 Å². The van der Waals surface area contributed by atoms with E-state index >= 15 is 0 Å². The van der Waals surface area contributed by atoms with Gasteiger partial charge in [0, 0.05) is 11.3 Å². The number of rotatable bonds is 5. The van der Waals surface area contributed by atoms with Gasteiger partial charge in [0.2, 0.25) is 0 Å². The predicted molar refractivity (Wildman–Crippen MR) is 84.3 cm³/mol. The molecule has 0 aromatic heterocycles. The zero-order valence-electron chi connectivity index (χ0n) is 12.2. The summed E-state index contributed by atoms with van der Waals surface area (Å²) in [6.07, 6.45) is 0. The molecule has 0 atom stereocenters. The second-order valence-electron chi connectivity index (χ2n) is 4.64. The van der Waals surface area contributed by atoms with Gasteiger partial charge in [0.1, 0.15) is 11.6 Å². The molecule has 0 bridgehead atoms. The second kappa shape index (κ2) is 7.42. The van der Waals surface area contributed by atoms with Gasteiger partial charge in [-0.1, -0.05) is 6.07 Å². The van der Waals surface area contributed by atoms with E-state index in [1.165, 1.54) is 6.07 Å². The summed E-state index contributed by atoms with van der Waals surface area (Å²) in [5.41, 5.74) is 7.61. The first-order valence-electron chi connectivity index (χ1n) is 6.71. The van der Waals surface area contributed by atoms with Crippen LogP contribution < -0.4 is 15.8 Å². The van der Waals surface area contributed by atoms with Gasteiger partial charge in [0.05, 0.1) is 20.3 Å². The summed E-state index contributed by atoms with van der Waals surface area (Å²) in [7, 11) is 1.60. The van der Waals surface area contributed by atoms with E-state index in [9.17, 15) is 4.39 Å². The highest BCUT2D eigenvalue weighted by molar-refractivity contribution is 5.92. The molecule has 0 aliphatic rings. The number of guanidine groups is 1. The van der Waals surface area contributed by atoms with Gasteiger partial charge in [-0.15, -0.1) is 0 Å². The maximum absolute atomic E-state index is 13.3. The minimum absolute atomic E-state index is 0.245. The van der Waals surface area contributed by atoms with E-state index in [1.54, 1.807) is 19.2 Å². The van der Waals surface area contributed by atoms with Crippen LogP contribution in [0.2, 0.25) is 0 Å². The van der Waals surface area contributed by atoms with Crippen molar-refractivity contribution in [1.82, 2.24) is 0 Å². The number of nitrogens with one attached hydrogen (secondary N) is 1. The van der Waals surface area contributed by atoms with Crippen LogP contribution in [0.5, 0.6) is 5.75 Å². The third-order valence-corrected chi connectivity index (χ3v) is 3.07. The molecule has 5 nitrogen and oxygen atoms in total. The summed E-state index contributed by atoms with van der Waals surface area (Å²) >= 11 is 0. The van der Waals surface area contributed by atoms with Gasteiger partial charge in [-0.25, -0.2) is 9.38 Å². The molecule has 0 spiro atoms. The van der Waals surface area contributed by atoms with Gasteiger partial charge in [-0.3, -0.25) is 0 Å². The van der Waals surface area contributed by atoms with Crippen LogP contribution in [0.15, 0.2) is 47.5 Å². The molecule has 0 heterocycles. The fraction of sp³-hybridized carbons (Fsp3) is 0.188. The third-order valence-electron chi connectivity index (χ3n) is 3.07. The third kappa shape index (κ3) is 4.20. The van der Waals surface area contributed by atoms with Crippen LogP contribution in [-0.4, -0.2) is 18.2 Å². The molecule has 0 unspecified atom stereocenters. The van der Waals surface area contributed by atoms with Crippen LogP contribution in [0.4, 0.5) is 10.1 Å². The van der Waals surface area contributed by atoms with Gasteiger partial charge in [-0.05, 0) is 42.0 Å². The van der Waals surface area contributed by atoms with Crippen LogP contribution in [0.1, 0.15) is 11.1 Å². The van der Waals surface area contributed by atoms with Gasteiger partial charge in [0.25, 0.3) is 0 Å². The molecule has 22 heavy (non-hydrogen) atoms. The number of hydrogen-bond acceptors (Lipinski definition) is 3. The highest BCUT2D eigenvalue weighted by atomic mass is 19.1. The standard InChI is InChI=1S/C16H18FN3O2/c1-22-14-5-3-13(4-6-14)20-16(18)19-9-11-2-7-15(17)12(8-11)10-21/h2-8,21H,9-10H2,1H3,(H3,18,19,20). The Morgan fingerprint density at radius 3 is 2.64 bits per heavy atom. The molecule has 0 radical (unpaired) electrons. The zero-order valence-corrected chi connectivity index (χ0v) is 12.2. The Morgan fingerprint density at radius 1 is 1.27 bits per heavy atom. The SMILES string of the molecule is COc1ccc(NC(N)=NCc2ccc(F)c(CO)c2)cc1. The molecule has 6 heteroatoms. The van der Waals surface area contributed by atoms with Gasteiger partial charge < -0.3 is 20.9 Å². The molecule has 4 N–H and O–H groups in total. The Kier molecular flexibility index (Phi) is 5.32. The van der Waals surface area contributed by atoms with Gasteiger partial charge >= 0.3 is 0 Å². The smallest absolute Gasteiger partial charge is 0.193 e. The molecule has 0 saturated carbocycles. The fourth-order valence-corrected chi connectivity index (χ4v) is 1.89. The molecule has 0 aliphatic heterocycles. The number of aliphatic hydroxyl groups is 1. The quantitative estimate of drug-likeness (QED) is 0.584. The van der Waals surface area contributed by atoms with Crippen molar-refractivity contribution in [3.8, 4) is 5.75 Å². The summed E-state index contributed by atoms with van der Waals surface area (Å²) in [5.74, 6) is 0.573. The second-order valence-corrected chi connectivity index (χ2v) is 4.64.